The monoisotopic (exact) mass is 326 g/mol. The summed E-state index contributed by atoms with van der Waals surface area (Å²) >= 11 is 0. The summed E-state index contributed by atoms with van der Waals surface area (Å²) in [4.78, 5) is 6.88. The van der Waals surface area contributed by atoms with Crippen molar-refractivity contribution in [3.05, 3.63) is 0 Å². The van der Waals surface area contributed by atoms with Gasteiger partial charge >= 0.3 is 0 Å². The van der Waals surface area contributed by atoms with Crippen LogP contribution in [0.1, 0.15) is 52.9 Å². The van der Waals surface area contributed by atoms with Gasteiger partial charge in [-0.05, 0) is 45.2 Å². The van der Waals surface area contributed by atoms with Gasteiger partial charge < -0.3 is 20.3 Å². The van der Waals surface area contributed by atoms with Crippen molar-refractivity contribution in [2.24, 2.45) is 10.9 Å². The molecule has 1 rings (SSSR count). The number of hydrogen-bond donors (Lipinski definition) is 2. The van der Waals surface area contributed by atoms with Gasteiger partial charge in [0.25, 0.3) is 0 Å². The third kappa shape index (κ3) is 9.16. The van der Waals surface area contributed by atoms with E-state index in [2.05, 4.69) is 41.3 Å². The zero-order valence-electron chi connectivity index (χ0n) is 15.7. The smallest absolute Gasteiger partial charge is 0.191 e. The average molecular weight is 327 g/mol. The Hall–Kier alpha value is -0.810. The van der Waals surface area contributed by atoms with Crippen LogP contribution in [-0.2, 0) is 4.74 Å². The molecule has 1 unspecified atom stereocenters. The Labute approximate surface area is 143 Å². The lowest BCUT2D eigenvalue weighted by molar-refractivity contribution is 0.0258. The van der Waals surface area contributed by atoms with E-state index in [1.165, 1.54) is 38.8 Å². The van der Waals surface area contributed by atoms with E-state index in [0.717, 1.165) is 38.6 Å². The van der Waals surface area contributed by atoms with Crippen LogP contribution in [0.5, 0.6) is 0 Å². The summed E-state index contributed by atoms with van der Waals surface area (Å²) in [6.07, 6.45) is 6.82. The number of ether oxygens (including phenoxy) is 1. The summed E-state index contributed by atoms with van der Waals surface area (Å²) in [6, 6.07) is 0. The van der Waals surface area contributed by atoms with Crippen LogP contribution < -0.4 is 10.6 Å². The molecular formula is C18H38N4O. The van der Waals surface area contributed by atoms with Crippen molar-refractivity contribution in [3.63, 3.8) is 0 Å². The van der Waals surface area contributed by atoms with Crippen molar-refractivity contribution in [2.45, 2.75) is 59.0 Å². The zero-order valence-corrected chi connectivity index (χ0v) is 15.7. The Balaban J connectivity index is 2.18. The average Bonchev–Trinajstić information content (AvgIpc) is 2.81. The third-order valence-corrected chi connectivity index (χ3v) is 4.49. The predicted molar refractivity (Wildman–Crippen MR) is 99.1 cm³/mol. The third-order valence-electron chi connectivity index (χ3n) is 4.49. The first-order valence-corrected chi connectivity index (χ1v) is 9.45. The lowest BCUT2D eigenvalue weighted by Gasteiger charge is -2.22. The van der Waals surface area contributed by atoms with E-state index in [-0.39, 0.29) is 0 Å². The first-order valence-electron chi connectivity index (χ1n) is 9.45. The van der Waals surface area contributed by atoms with E-state index >= 15 is 0 Å². The molecule has 0 aliphatic carbocycles. The molecule has 23 heavy (non-hydrogen) atoms. The Morgan fingerprint density at radius 3 is 2.30 bits per heavy atom. The molecule has 5 nitrogen and oxygen atoms in total. The number of likely N-dealkylation sites (tertiary alicyclic amines) is 1. The molecule has 0 radical (unpaired) electrons. The molecule has 0 aromatic rings. The highest BCUT2D eigenvalue weighted by atomic mass is 16.5. The summed E-state index contributed by atoms with van der Waals surface area (Å²) < 4.78 is 5.78. The number of guanidine groups is 1. The van der Waals surface area contributed by atoms with Crippen molar-refractivity contribution < 1.29 is 4.74 Å². The molecule has 1 atom stereocenters. The molecule has 1 aliphatic rings. The van der Waals surface area contributed by atoms with Gasteiger partial charge in [-0.2, -0.15) is 0 Å². The van der Waals surface area contributed by atoms with E-state index in [1.807, 2.05) is 7.05 Å². The molecule has 0 amide bonds. The van der Waals surface area contributed by atoms with Gasteiger partial charge in [0.1, 0.15) is 0 Å². The first-order chi connectivity index (χ1) is 11.2. The van der Waals surface area contributed by atoms with Crippen LogP contribution in [0, 0.1) is 5.92 Å². The van der Waals surface area contributed by atoms with E-state index in [9.17, 15) is 0 Å². The molecule has 5 heteroatoms. The quantitative estimate of drug-likeness (QED) is 0.505. The van der Waals surface area contributed by atoms with Crippen LogP contribution in [0.2, 0.25) is 0 Å². The van der Waals surface area contributed by atoms with Gasteiger partial charge in [-0.1, -0.05) is 26.7 Å². The molecule has 0 spiro atoms. The molecule has 1 fully saturated rings. The Bertz CT molecular complexity index is 312. The molecule has 1 heterocycles. The summed E-state index contributed by atoms with van der Waals surface area (Å²) in [5.74, 6) is 1.45. The number of rotatable bonds is 9. The SMILES string of the molecule is CCOC(CCNC(=NC)NCCN1CCCCCC1)C(C)C. The number of aliphatic imine (C=N–C) groups is 1. The van der Waals surface area contributed by atoms with Crippen molar-refractivity contribution in [1.29, 1.82) is 0 Å². The molecule has 0 saturated carbocycles. The normalized spacial score (nSPS) is 18.7. The van der Waals surface area contributed by atoms with Gasteiger partial charge in [0.2, 0.25) is 0 Å². The van der Waals surface area contributed by atoms with Crippen molar-refractivity contribution in [1.82, 2.24) is 15.5 Å². The standard InChI is InChI=1S/C18H38N4O/c1-5-23-17(16(2)3)10-11-20-18(19-4)21-12-15-22-13-8-6-7-9-14-22/h16-17H,5-15H2,1-4H3,(H2,19,20,21). The van der Waals surface area contributed by atoms with Crippen LogP contribution in [0.3, 0.4) is 0 Å². The highest BCUT2D eigenvalue weighted by Crippen LogP contribution is 2.10. The van der Waals surface area contributed by atoms with Gasteiger partial charge in [0, 0.05) is 33.3 Å². The fourth-order valence-electron chi connectivity index (χ4n) is 3.07. The van der Waals surface area contributed by atoms with Crippen molar-refractivity contribution in [3.8, 4) is 0 Å². The predicted octanol–water partition coefficient (Wildman–Crippen LogP) is 2.48. The second kappa shape index (κ2) is 12.6. The maximum absolute atomic E-state index is 5.78. The lowest BCUT2D eigenvalue weighted by Crippen LogP contribution is -2.42. The number of nitrogens with zero attached hydrogens (tertiary/aromatic N) is 2. The Morgan fingerprint density at radius 2 is 1.74 bits per heavy atom. The van der Waals surface area contributed by atoms with Crippen molar-refractivity contribution in [2.75, 3.05) is 46.4 Å². The van der Waals surface area contributed by atoms with Gasteiger partial charge in [0.15, 0.2) is 5.96 Å². The Kier molecular flexibility index (Phi) is 11.1. The molecule has 0 aromatic heterocycles. The molecule has 0 bridgehead atoms. The van der Waals surface area contributed by atoms with E-state index in [0.29, 0.717) is 12.0 Å². The van der Waals surface area contributed by atoms with Crippen LogP contribution in [0.4, 0.5) is 0 Å². The fourth-order valence-corrected chi connectivity index (χ4v) is 3.07. The first kappa shape index (κ1) is 20.2. The van der Waals surface area contributed by atoms with Crippen LogP contribution in [-0.4, -0.2) is 63.3 Å². The fraction of sp³-hybridized carbons (Fsp3) is 0.944. The van der Waals surface area contributed by atoms with E-state index in [4.69, 9.17) is 4.74 Å². The summed E-state index contributed by atoms with van der Waals surface area (Å²) in [6.45, 7) is 12.7. The molecule has 1 aliphatic heterocycles. The van der Waals surface area contributed by atoms with Crippen LogP contribution in [0.15, 0.2) is 4.99 Å². The topological polar surface area (TPSA) is 48.9 Å². The van der Waals surface area contributed by atoms with Crippen LogP contribution >= 0.6 is 0 Å². The minimum absolute atomic E-state index is 0.322. The van der Waals surface area contributed by atoms with Gasteiger partial charge in [-0.25, -0.2) is 0 Å². The Morgan fingerprint density at radius 1 is 1.09 bits per heavy atom. The maximum Gasteiger partial charge on any atom is 0.191 e. The zero-order chi connectivity index (χ0) is 16.9. The largest absolute Gasteiger partial charge is 0.378 e. The summed E-state index contributed by atoms with van der Waals surface area (Å²) in [5.41, 5.74) is 0. The lowest BCUT2D eigenvalue weighted by atomic mass is 10.0. The highest BCUT2D eigenvalue weighted by molar-refractivity contribution is 5.79. The minimum atomic E-state index is 0.322. The van der Waals surface area contributed by atoms with Gasteiger partial charge in [0.05, 0.1) is 6.10 Å². The molecule has 0 aromatic carbocycles. The molecule has 136 valence electrons. The number of nitrogens with one attached hydrogen (secondary N) is 2. The molecular weight excluding hydrogens is 288 g/mol. The van der Waals surface area contributed by atoms with Crippen molar-refractivity contribution >= 4 is 5.96 Å². The molecule has 2 N–H and O–H groups in total. The maximum atomic E-state index is 5.78. The summed E-state index contributed by atoms with van der Waals surface area (Å²) in [7, 11) is 1.84. The van der Waals surface area contributed by atoms with E-state index < -0.39 is 0 Å². The second-order valence-corrected chi connectivity index (χ2v) is 6.71. The highest BCUT2D eigenvalue weighted by Gasteiger charge is 2.13. The summed E-state index contributed by atoms with van der Waals surface area (Å²) in [5, 5.41) is 6.83. The van der Waals surface area contributed by atoms with E-state index in [1.54, 1.807) is 0 Å². The van der Waals surface area contributed by atoms with Gasteiger partial charge in [-0.3, -0.25) is 4.99 Å². The second-order valence-electron chi connectivity index (χ2n) is 6.71. The van der Waals surface area contributed by atoms with Gasteiger partial charge in [-0.15, -0.1) is 0 Å². The van der Waals surface area contributed by atoms with Crippen LogP contribution in [0.25, 0.3) is 0 Å². The minimum Gasteiger partial charge on any atom is -0.378 e. The molecule has 1 saturated heterocycles. The number of hydrogen-bond acceptors (Lipinski definition) is 3.